The molecule has 2 aromatic rings. The van der Waals surface area contributed by atoms with Gasteiger partial charge in [0.1, 0.15) is 11.6 Å². The zero-order chi connectivity index (χ0) is 15.9. The molecule has 0 amide bonds. The summed E-state index contributed by atoms with van der Waals surface area (Å²) in [6.45, 7) is 2.06. The molecule has 0 saturated carbocycles. The van der Waals surface area contributed by atoms with Gasteiger partial charge in [-0.3, -0.25) is 9.59 Å². The molecule has 0 fully saturated rings. The van der Waals surface area contributed by atoms with Crippen molar-refractivity contribution in [3.05, 3.63) is 51.7 Å². The molecular weight excluding hydrogens is 285 g/mol. The molecule has 4 nitrogen and oxygen atoms in total. The van der Waals surface area contributed by atoms with Crippen LogP contribution in [0.5, 0.6) is 5.75 Å². The van der Waals surface area contributed by atoms with Crippen molar-refractivity contribution < 1.29 is 13.9 Å². The number of ketones is 1. The lowest BCUT2D eigenvalue weighted by Gasteiger charge is -2.13. The smallest absolute Gasteiger partial charge is 0.258 e. The molecule has 0 aliphatic carbocycles. The van der Waals surface area contributed by atoms with Gasteiger partial charge in [0.25, 0.3) is 5.56 Å². The van der Waals surface area contributed by atoms with Crippen molar-refractivity contribution >= 4 is 5.78 Å². The number of rotatable bonds is 3. The molecule has 0 unspecified atom stereocenters. The first-order chi connectivity index (χ1) is 10.5. The Balaban J connectivity index is 2.33. The highest BCUT2D eigenvalue weighted by Gasteiger charge is 2.23. The summed E-state index contributed by atoms with van der Waals surface area (Å²) in [6, 6.07) is 5.59. The fourth-order valence-electron chi connectivity index (χ4n) is 3.00. The van der Waals surface area contributed by atoms with Crippen LogP contribution in [0.3, 0.4) is 0 Å². The number of benzene rings is 1. The fourth-order valence-corrected chi connectivity index (χ4v) is 3.00. The van der Waals surface area contributed by atoms with Gasteiger partial charge in [0, 0.05) is 23.4 Å². The maximum Gasteiger partial charge on any atom is 0.258 e. The quantitative estimate of drug-likeness (QED) is 0.819. The van der Waals surface area contributed by atoms with Gasteiger partial charge in [-0.1, -0.05) is 0 Å². The first-order valence-electron chi connectivity index (χ1n) is 7.14. The number of Topliss-reactive ketones (excluding diaryl/α,β-unsaturated/α-hetero) is 1. The number of hydrogen-bond donors (Lipinski definition) is 0. The molecule has 0 saturated heterocycles. The van der Waals surface area contributed by atoms with Gasteiger partial charge in [-0.05, 0) is 44.0 Å². The van der Waals surface area contributed by atoms with E-state index in [9.17, 15) is 14.0 Å². The monoisotopic (exact) mass is 301 g/mol. The first-order valence-corrected chi connectivity index (χ1v) is 7.14. The van der Waals surface area contributed by atoms with E-state index in [1.54, 1.807) is 10.6 Å². The van der Waals surface area contributed by atoms with Crippen molar-refractivity contribution in [1.29, 1.82) is 0 Å². The fraction of sp³-hybridized carbons (Fsp3) is 0.294. The van der Waals surface area contributed by atoms with Gasteiger partial charge in [0.15, 0.2) is 5.78 Å². The number of hydrogen-bond acceptors (Lipinski definition) is 3. The molecule has 1 aromatic carbocycles. The van der Waals surface area contributed by atoms with E-state index < -0.39 is 5.82 Å². The largest absolute Gasteiger partial charge is 0.496 e. The Morgan fingerprint density at radius 2 is 2.05 bits per heavy atom. The Hall–Kier alpha value is -2.43. The molecule has 2 heterocycles. The van der Waals surface area contributed by atoms with Crippen molar-refractivity contribution in [1.82, 2.24) is 4.57 Å². The van der Waals surface area contributed by atoms with Gasteiger partial charge >= 0.3 is 0 Å². The van der Waals surface area contributed by atoms with Crippen LogP contribution in [0.25, 0.3) is 11.1 Å². The third kappa shape index (κ3) is 2.22. The number of nitrogens with zero attached hydrogens (tertiary/aromatic N) is 1. The zero-order valence-electron chi connectivity index (χ0n) is 12.5. The minimum absolute atomic E-state index is 0.0951. The number of ether oxygens (including phenoxy) is 1. The highest BCUT2D eigenvalue weighted by Crippen LogP contribution is 2.31. The first kappa shape index (κ1) is 14.5. The Bertz CT molecular complexity index is 823. The van der Waals surface area contributed by atoms with Crippen LogP contribution in [0.1, 0.15) is 29.4 Å². The van der Waals surface area contributed by atoms with E-state index in [1.165, 1.54) is 32.2 Å². The molecule has 1 aliphatic rings. The standard InChI is InChI=1S/C17H16FNO3/c1-10(20)12-9-14(17(21)19-7-3-4-15(12)19)13-8-11(18)5-6-16(13)22-2/h5-6,8-9H,3-4,7H2,1-2H3. The SMILES string of the molecule is COc1ccc(F)cc1-c1cc(C(C)=O)c2n(c1=O)CCC2. The van der Waals surface area contributed by atoms with Crippen LogP contribution in [-0.4, -0.2) is 17.5 Å². The number of halogens is 1. The van der Waals surface area contributed by atoms with Crippen LogP contribution in [0.4, 0.5) is 4.39 Å². The number of carbonyl (C=O) groups excluding carboxylic acids is 1. The predicted molar refractivity (Wildman–Crippen MR) is 81.0 cm³/mol. The average molecular weight is 301 g/mol. The molecule has 22 heavy (non-hydrogen) atoms. The molecule has 3 rings (SSSR count). The second kappa shape index (κ2) is 5.40. The Kier molecular flexibility index (Phi) is 3.56. The van der Waals surface area contributed by atoms with E-state index >= 15 is 0 Å². The highest BCUT2D eigenvalue weighted by molar-refractivity contribution is 5.96. The van der Waals surface area contributed by atoms with Gasteiger partial charge in [0.05, 0.1) is 12.7 Å². The number of pyridine rings is 1. The second-order valence-corrected chi connectivity index (χ2v) is 5.38. The molecule has 0 bridgehead atoms. The van der Waals surface area contributed by atoms with Crippen LogP contribution in [0.15, 0.2) is 29.1 Å². The summed E-state index contributed by atoms with van der Waals surface area (Å²) >= 11 is 0. The van der Waals surface area contributed by atoms with Gasteiger partial charge in [-0.15, -0.1) is 0 Å². The van der Waals surface area contributed by atoms with Crippen molar-refractivity contribution in [3.8, 4) is 16.9 Å². The van der Waals surface area contributed by atoms with Gasteiger partial charge in [-0.25, -0.2) is 4.39 Å². The maximum absolute atomic E-state index is 13.6. The summed E-state index contributed by atoms with van der Waals surface area (Å²) in [5, 5.41) is 0. The van der Waals surface area contributed by atoms with Gasteiger partial charge < -0.3 is 9.30 Å². The average Bonchev–Trinajstić information content (AvgIpc) is 2.97. The molecule has 0 atom stereocenters. The Morgan fingerprint density at radius 3 is 2.73 bits per heavy atom. The van der Waals surface area contributed by atoms with Crippen molar-refractivity contribution in [3.63, 3.8) is 0 Å². The van der Waals surface area contributed by atoms with E-state index in [2.05, 4.69) is 0 Å². The van der Waals surface area contributed by atoms with E-state index in [0.717, 1.165) is 12.1 Å². The van der Waals surface area contributed by atoms with Crippen LogP contribution >= 0.6 is 0 Å². The third-order valence-corrected chi connectivity index (χ3v) is 4.03. The summed E-state index contributed by atoms with van der Waals surface area (Å²) < 4.78 is 20.5. The van der Waals surface area contributed by atoms with Gasteiger partial charge in [0.2, 0.25) is 0 Å². The molecule has 1 aliphatic heterocycles. The third-order valence-electron chi connectivity index (χ3n) is 4.03. The number of carbonyl (C=O) groups is 1. The van der Waals surface area contributed by atoms with Crippen LogP contribution in [-0.2, 0) is 13.0 Å². The topological polar surface area (TPSA) is 48.3 Å². The lowest BCUT2D eigenvalue weighted by atomic mass is 10.00. The minimum Gasteiger partial charge on any atom is -0.496 e. The lowest BCUT2D eigenvalue weighted by Crippen LogP contribution is -2.23. The summed E-state index contributed by atoms with van der Waals surface area (Å²) in [4.78, 5) is 24.6. The molecule has 1 aromatic heterocycles. The molecule has 0 N–H and O–H groups in total. The maximum atomic E-state index is 13.6. The zero-order valence-corrected chi connectivity index (χ0v) is 12.5. The van der Waals surface area contributed by atoms with E-state index in [-0.39, 0.29) is 11.3 Å². The molecule has 5 heteroatoms. The molecular formula is C17H16FNO3. The number of fused-ring (bicyclic) bond motifs is 1. The second-order valence-electron chi connectivity index (χ2n) is 5.38. The number of aromatic nitrogens is 1. The van der Waals surface area contributed by atoms with E-state index in [4.69, 9.17) is 4.74 Å². The van der Waals surface area contributed by atoms with Crippen molar-refractivity contribution in [2.75, 3.05) is 7.11 Å². The van der Waals surface area contributed by atoms with Crippen molar-refractivity contribution in [2.45, 2.75) is 26.3 Å². The molecule has 114 valence electrons. The van der Waals surface area contributed by atoms with Crippen LogP contribution in [0.2, 0.25) is 0 Å². The normalized spacial score (nSPS) is 13.0. The minimum atomic E-state index is -0.454. The van der Waals surface area contributed by atoms with Gasteiger partial charge in [-0.2, -0.15) is 0 Å². The highest BCUT2D eigenvalue weighted by atomic mass is 19.1. The van der Waals surface area contributed by atoms with E-state index in [1.807, 2.05) is 0 Å². The summed E-state index contributed by atoms with van der Waals surface area (Å²) in [7, 11) is 1.47. The molecule has 0 spiro atoms. The Labute approximate surface area is 127 Å². The van der Waals surface area contributed by atoms with Crippen LogP contribution in [0, 0.1) is 5.82 Å². The Morgan fingerprint density at radius 1 is 1.27 bits per heavy atom. The number of methoxy groups -OCH3 is 1. The predicted octanol–water partition coefficient (Wildman–Crippen LogP) is 2.81. The van der Waals surface area contributed by atoms with Crippen molar-refractivity contribution in [2.24, 2.45) is 0 Å². The van der Waals surface area contributed by atoms with E-state index in [0.29, 0.717) is 35.4 Å². The molecule has 0 radical (unpaired) electrons. The summed E-state index contributed by atoms with van der Waals surface area (Å²) in [5.41, 5.74) is 1.76. The van der Waals surface area contributed by atoms with Crippen LogP contribution < -0.4 is 10.3 Å². The summed E-state index contributed by atoms with van der Waals surface area (Å²) in [5.74, 6) is -0.140. The summed E-state index contributed by atoms with van der Waals surface area (Å²) in [6.07, 6.45) is 1.55. The lowest BCUT2D eigenvalue weighted by molar-refractivity contribution is 0.101.